The molecule has 2 N–H and O–H groups in total. The van der Waals surface area contributed by atoms with Crippen LogP contribution in [0.5, 0.6) is 0 Å². The molecule has 13 heavy (non-hydrogen) atoms. The first kappa shape index (κ1) is 9.80. The summed E-state index contributed by atoms with van der Waals surface area (Å²) in [4.78, 5) is 3.80. The van der Waals surface area contributed by atoms with Gasteiger partial charge in [0, 0.05) is 31.4 Å². The van der Waals surface area contributed by atoms with Gasteiger partial charge in [-0.25, -0.2) is 4.39 Å². The van der Waals surface area contributed by atoms with Crippen molar-refractivity contribution in [3.63, 3.8) is 0 Å². The van der Waals surface area contributed by atoms with E-state index in [4.69, 9.17) is 10.5 Å². The highest BCUT2D eigenvalue weighted by atomic mass is 19.1. The average Bonchev–Trinajstić information content (AvgIpc) is 2.09. The topological polar surface area (TPSA) is 57.0 Å². The molecule has 1 heterocycles. The third kappa shape index (κ3) is 2.91. The molecule has 0 saturated heterocycles. The van der Waals surface area contributed by atoms with E-state index in [2.05, 4.69) is 4.98 Å². The predicted octanol–water partition coefficient (Wildman–Crippen LogP) is 1.17. The van der Waals surface area contributed by atoms with Crippen LogP contribution in [0.1, 0.15) is 12.1 Å². The van der Waals surface area contributed by atoms with E-state index in [1.54, 1.807) is 0 Å². The van der Waals surface area contributed by atoms with E-state index >= 15 is 0 Å². The Morgan fingerprint density at radius 2 is 2.38 bits per heavy atom. The Morgan fingerprint density at radius 3 is 3.00 bits per heavy atom. The highest BCUT2D eigenvalue weighted by Crippen LogP contribution is 2.04. The number of rotatable bonds is 4. The molecule has 0 fully saturated rings. The van der Waals surface area contributed by atoms with Crippen LogP contribution in [-0.2, 0) is 6.42 Å². The minimum absolute atomic E-state index is 0.0761. The largest absolute Gasteiger partial charge is 0.396 e. The molecule has 0 saturated carbocycles. The lowest BCUT2D eigenvalue weighted by Crippen LogP contribution is -2.07. The summed E-state index contributed by atoms with van der Waals surface area (Å²) in [5.74, 6) is -0.398. The number of nitrogens with one attached hydrogen (secondary N) is 1. The summed E-state index contributed by atoms with van der Waals surface area (Å²) >= 11 is 0. The molecule has 0 aliphatic heterocycles. The molecular formula is C9H11FN2O. The van der Waals surface area contributed by atoms with Gasteiger partial charge < -0.3 is 10.5 Å². The Hall–Kier alpha value is -1.29. The zero-order valence-electron chi connectivity index (χ0n) is 7.13. The van der Waals surface area contributed by atoms with Crippen LogP contribution in [0, 0.1) is 11.2 Å². The van der Waals surface area contributed by atoms with Crippen molar-refractivity contribution >= 4 is 5.71 Å². The molecule has 4 heteroatoms. The molecule has 0 aliphatic rings. The van der Waals surface area contributed by atoms with Gasteiger partial charge in [0.15, 0.2) is 0 Å². The van der Waals surface area contributed by atoms with E-state index in [0.717, 1.165) is 0 Å². The van der Waals surface area contributed by atoms with Crippen LogP contribution >= 0.6 is 0 Å². The molecule has 0 bridgehead atoms. The van der Waals surface area contributed by atoms with Crippen molar-refractivity contribution in [2.24, 2.45) is 0 Å². The summed E-state index contributed by atoms with van der Waals surface area (Å²) in [6, 6.07) is 2.82. The minimum Gasteiger partial charge on any atom is -0.396 e. The summed E-state index contributed by atoms with van der Waals surface area (Å²) < 4.78 is 13.0. The maximum absolute atomic E-state index is 13.0. The van der Waals surface area contributed by atoms with E-state index in [0.29, 0.717) is 5.71 Å². The van der Waals surface area contributed by atoms with Gasteiger partial charge in [0.25, 0.3) is 0 Å². The number of aromatic nitrogens is 1. The Balaban J connectivity index is 2.63. The zero-order chi connectivity index (χ0) is 9.68. The van der Waals surface area contributed by atoms with Crippen molar-refractivity contribution in [1.82, 2.24) is 4.98 Å². The van der Waals surface area contributed by atoms with Crippen molar-refractivity contribution in [3.05, 3.63) is 29.8 Å². The first-order valence-corrected chi connectivity index (χ1v) is 4.00. The second kappa shape index (κ2) is 4.67. The molecule has 70 valence electrons. The van der Waals surface area contributed by atoms with Gasteiger partial charge in [-0.2, -0.15) is 0 Å². The van der Waals surface area contributed by atoms with Crippen LogP contribution in [0.3, 0.4) is 0 Å². The number of nitrogens with zero attached hydrogens (tertiary/aromatic N) is 1. The quantitative estimate of drug-likeness (QED) is 0.686. The second-order valence-electron chi connectivity index (χ2n) is 2.69. The zero-order valence-corrected chi connectivity index (χ0v) is 7.13. The molecule has 0 spiro atoms. The molecule has 0 unspecified atom stereocenters. The van der Waals surface area contributed by atoms with Gasteiger partial charge in [-0.3, -0.25) is 4.98 Å². The highest BCUT2D eigenvalue weighted by Gasteiger charge is 2.05. The monoisotopic (exact) mass is 182 g/mol. The van der Waals surface area contributed by atoms with E-state index in [-0.39, 0.29) is 25.1 Å². The van der Waals surface area contributed by atoms with Gasteiger partial charge >= 0.3 is 0 Å². The molecule has 1 rings (SSSR count). The molecule has 0 aromatic carbocycles. The normalized spacial score (nSPS) is 10.0. The SMILES string of the molecule is N=C(CCO)Cc1ncccc1F. The lowest BCUT2D eigenvalue weighted by Gasteiger charge is -2.01. The third-order valence-corrected chi connectivity index (χ3v) is 1.63. The van der Waals surface area contributed by atoms with Crippen LogP contribution in [0.25, 0.3) is 0 Å². The van der Waals surface area contributed by atoms with Gasteiger partial charge in [0.05, 0.1) is 5.69 Å². The maximum Gasteiger partial charge on any atom is 0.145 e. The Labute approximate surface area is 75.8 Å². The van der Waals surface area contributed by atoms with E-state index < -0.39 is 5.82 Å². The fourth-order valence-corrected chi connectivity index (χ4v) is 0.974. The van der Waals surface area contributed by atoms with Crippen molar-refractivity contribution in [2.45, 2.75) is 12.8 Å². The molecule has 1 aromatic heterocycles. The highest BCUT2D eigenvalue weighted by molar-refractivity contribution is 5.83. The Kier molecular flexibility index (Phi) is 3.52. The molecule has 0 radical (unpaired) electrons. The number of aliphatic hydroxyl groups excluding tert-OH is 1. The van der Waals surface area contributed by atoms with Crippen molar-refractivity contribution < 1.29 is 9.50 Å². The fourth-order valence-electron chi connectivity index (χ4n) is 0.974. The summed E-state index contributed by atoms with van der Waals surface area (Å²) in [6.45, 7) is -0.0761. The number of halogens is 1. The van der Waals surface area contributed by atoms with E-state index in [1.807, 2.05) is 0 Å². The molecule has 0 amide bonds. The van der Waals surface area contributed by atoms with Gasteiger partial charge in [-0.05, 0) is 12.1 Å². The van der Waals surface area contributed by atoms with Gasteiger partial charge in [-0.1, -0.05) is 0 Å². The molecular weight excluding hydrogens is 171 g/mol. The standard InChI is InChI=1S/C9H11FN2O/c10-8-2-1-4-12-9(8)6-7(11)3-5-13/h1-2,4,11,13H,3,5-6H2. The summed E-state index contributed by atoms with van der Waals surface area (Å²) in [6.07, 6.45) is 1.94. The summed E-state index contributed by atoms with van der Waals surface area (Å²) in [5, 5.41) is 15.9. The van der Waals surface area contributed by atoms with Gasteiger partial charge in [-0.15, -0.1) is 0 Å². The Bertz CT molecular complexity index is 301. The molecule has 0 atom stereocenters. The van der Waals surface area contributed by atoms with Crippen LogP contribution in [0.15, 0.2) is 18.3 Å². The molecule has 3 nitrogen and oxygen atoms in total. The third-order valence-electron chi connectivity index (χ3n) is 1.63. The van der Waals surface area contributed by atoms with Crippen LogP contribution in [0.4, 0.5) is 4.39 Å². The molecule has 1 aromatic rings. The second-order valence-corrected chi connectivity index (χ2v) is 2.69. The van der Waals surface area contributed by atoms with Crippen LogP contribution < -0.4 is 0 Å². The van der Waals surface area contributed by atoms with Gasteiger partial charge in [0.2, 0.25) is 0 Å². The van der Waals surface area contributed by atoms with Crippen molar-refractivity contribution in [1.29, 1.82) is 5.41 Å². The average molecular weight is 182 g/mol. The fraction of sp³-hybridized carbons (Fsp3) is 0.333. The number of hydrogen-bond acceptors (Lipinski definition) is 3. The van der Waals surface area contributed by atoms with Crippen LogP contribution in [0.2, 0.25) is 0 Å². The summed E-state index contributed by atoms with van der Waals surface area (Å²) in [5.41, 5.74) is 0.557. The lowest BCUT2D eigenvalue weighted by atomic mass is 10.1. The first-order valence-electron chi connectivity index (χ1n) is 4.00. The number of aliphatic hydroxyl groups is 1. The number of hydrogen-bond donors (Lipinski definition) is 2. The first-order chi connectivity index (χ1) is 6.24. The maximum atomic E-state index is 13.0. The summed E-state index contributed by atoms with van der Waals surface area (Å²) in [7, 11) is 0. The van der Waals surface area contributed by atoms with Crippen LogP contribution in [-0.4, -0.2) is 22.4 Å². The Morgan fingerprint density at radius 1 is 1.62 bits per heavy atom. The lowest BCUT2D eigenvalue weighted by molar-refractivity contribution is 0.306. The van der Waals surface area contributed by atoms with Crippen molar-refractivity contribution in [2.75, 3.05) is 6.61 Å². The van der Waals surface area contributed by atoms with E-state index in [9.17, 15) is 4.39 Å². The number of pyridine rings is 1. The smallest absolute Gasteiger partial charge is 0.145 e. The predicted molar refractivity (Wildman–Crippen MR) is 47.3 cm³/mol. The van der Waals surface area contributed by atoms with Crippen molar-refractivity contribution in [3.8, 4) is 0 Å². The molecule has 0 aliphatic carbocycles. The van der Waals surface area contributed by atoms with E-state index in [1.165, 1.54) is 18.3 Å². The van der Waals surface area contributed by atoms with Gasteiger partial charge in [0.1, 0.15) is 5.82 Å². The minimum atomic E-state index is -0.398.